The van der Waals surface area contributed by atoms with Crippen LogP contribution in [0.25, 0.3) is 0 Å². The van der Waals surface area contributed by atoms with Gasteiger partial charge in [0, 0.05) is 32.7 Å². The summed E-state index contributed by atoms with van der Waals surface area (Å²) in [5.41, 5.74) is 0. The number of rotatable bonds is 1. The fraction of sp³-hybridized carbons (Fsp3) is 0.333. The average Bonchev–Trinajstić information content (AvgIpc) is 1.37. The van der Waals surface area contributed by atoms with Crippen LogP contribution < -0.4 is 0 Å². The first-order valence-corrected chi connectivity index (χ1v) is 1.02. The molecule has 0 bridgehead atoms. The van der Waals surface area contributed by atoms with Crippen molar-refractivity contribution in [2.45, 2.75) is 0 Å². The summed E-state index contributed by atoms with van der Waals surface area (Å²) in [5, 5.41) is 7.70. The molecule has 1 nitrogen and oxygen atoms in total. The van der Waals surface area contributed by atoms with Crippen LogP contribution in [-0.2, 0) is 32.7 Å². The van der Waals surface area contributed by atoms with Gasteiger partial charge < -0.3 is 11.2 Å². The van der Waals surface area contributed by atoms with E-state index in [1.54, 1.807) is 0 Å². The van der Waals surface area contributed by atoms with E-state index in [-0.39, 0.29) is 39.3 Å². The van der Waals surface area contributed by atoms with Crippen molar-refractivity contribution in [1.82, 2.24) is 0 Å². The Balaban J connectivity index is 0. The first-order valence-electron chi connectivity index (χ1n) is 1.02. The predicted molar refractivity (Wildman–Crippen MR) is 16.0 cm³/mol. The van der Waals surface area contributed by atoms with Crippen molar-refractivity contribution in [1.29, 1.82) is 0 Å². The second-order valence-corrected chi connectivity index (χ2v) is 0.408. The quantitative estimate of drug-likeness (QED) is 0.515. The number of hydrogen-bond donors (Lipinski definition) is 1. The van der Waals surface area contributed by atoms with E-state index in [1.807, 2.05) is 0 Å². The van der Waals surface area contributed by atoms with Crippen LogP contribution in [0, 0.1) is 6.08 Å². The Labute approximate surface area is 57.0 Å². The predicted octanol–water partition coefficient (Wildman–Crippen LogP) is -0.0346. The molecule has 0 fully saturated rings. The molecule has 2 heteroatoms. The number of aliphatic hydroxyl groups excluding tert-OH is 1. The summed E-state index contributed by atoms with van der Waals surface area (Å²) in [7, 11) is 0. The van der Waals surface area contributed by atoms with E-state index in [4.69, 9.17) is 5.11 Å². The molecule has 1 radical (unpaired) electrons. The van der Waals surface area contributed by atoms with Crippen LogP contribution in [-0.4, -0.2) is 11.7 Å². The molecule has 0 heterocycles. The average molecular weight is 146 g/mol. The Morgan fingerprint density at radius 2 is 2.00 bits per heavy atom. The zero-order valence-corrected chi connectivity index (χ0v) is 5.78. The van der Waals surface area contributed by atoms with Gasteiger partial charge in [-0.3, -0.25) is 6.58 Å². The Bertz CT molecular complexity index is 20.9. The van der Waals surface area contributed by atoms with Crippen LogP contribution in [0.5, 0.6) is 0 Å². The fourth-order valence-corrected chi connectivity index (χ4v) is 0. The van der Waals surface area contributed by atoms with Gasteiger partial charge in [0.05, 0.1) is 0 Å². The molecule has 0 aromatic rings. The molecule has 0 rings (SSSR count). The van der Waals surface area contributed by atoms with E-state index in [2.05, 4.69) is 12.7 Å². The molecule has 5 heavy (non-hydrogen) atoms. The largest absolute Gasteiger partial charge is 0.478 e. The minimum Gasteiger partial charge on any atom is -0.478 e. The van der Waals surface area contributed by atoms with Gasteiger partial charge in [0.25, 0.3) is 0 Å². The van der Waals surface area contributed by atoms with Crippen molar-refractivity contribution < 1.29 is 37.8 Å². The van der Waals surface area contributed by atoms with Crippen LogP contribution in [0.3, 0.4) is 0 Å². The normalized spacial score (nSPS) is 5.00. The number of hydrogen-bond acceptors (Lipinski definition) is 1. The third-order valence-corrected chi connectivity index (χ3v) is 0.112. The molecule has 0 aliphatic rings. The zero-order chi connectivity index (χ0) is 3.41. The molecule has 0 aliphatic carbocycles. The molecule has 0 aromatic heterocycles. The monoisotopic (exact) mass is 146 g/mol. The van der Waals surface area contributed by atoms with Gasteiger partial charge in [-0.1, -0.05) is 6.61 Å². The molecule has 0 saturated heterocycles. The smallest absolute Gasteiger partial charge is 0 e. The van der Waals surface area contributed by atoms with Crippen LogP contribution in [0.1, 0.15) is 0 Å². The van der Waals surface area contributed by atoms with Crippen molar-refractivity contribution in [2.24, 2.45) is 0 Å². The molecule has 0 unspecified atom stereocenters. The minimum absolute atomic E-state index is 0. The van der Waals surface area contributed by atoms with E-state index < -0.39 is 0 Å². The Morgan fingerprint density at radius 3 is 2.00 bits per heavy atom. The molecule has 0 atom stereocenters. The van der Waals surface area contributed by atoms with Crippen molar-refractivity contribution in [3.05, 3.63) is 12.7 Å². The van der Waals surface area contributed by atoms with Gasteiger partial charge in [-0.05, 0) is 0 Å². The summed E-state index contributed by atoms with van der Waals surface area (Å²) >= 11 is 0. The van der Waals surface area contributed by atoms with Gasteiger partial charge in [0.2, 0.25) is 0 Å². The number of aliphatic hydroxyl groups is 1. The Kier molecular flexibility index (Phi) is 16.4. The van der Waals surface area contributed by atoms with Crippen LogP contribution >= 0.6 is 0 Å². The van der Waals surface area contributed by atoms with Crippen molar-refractivity contribution in [2.75, 3.05) is 6.61 Å². The standard InChI is InChI=1S/C3H5O.Y/c1-2-3-4;/h4H,1,3H2;/q-1;. The maximum atomic E-state index is 7.70. The minimum atomic E-state index is -0.0417. The zero-order valence-electron chi connectivity index (χ0n) is 2.94. The van der Waals surface area contributed by atoms with E-state index >= 15 is 0 Å². The molecule has 0 aromatic carbocycles. The molecule has 27 valence electrons. The summed E-state index contributed by atoms with van der Waals surface area (Å²) in [4.78, 5) is 0. The van der Waals surface area contributed by atoms with Gasteiger partial charge >= 0.3 is 0 Å². The summed E-state index contributed by atoms with van der Waals surface area (Å²) < 4.78 is 0. The summed E-state index contributed by atoms with van der Waals surface area (Å²) in [6, 6.07) is 0. The fourth-order valence-electron chi connectivity index (χ4n) is 0. The third-order valence-electron chi connectivity index (χ3n) is 0.112. The van der Waals surface area contributed by atoms with Crippen LogP contribution in [0.2, 0.25) is 0 Å². The SMILES string of the molecule is C=[C-]CO.[Y]. The van der Waals surface area contributed by atoms with E-state index in [0.29, 0.717) is 0 Å². The Morgan fingerprint density at radius 1 is 1.80 bits per heavy atom. The molecule has 1 N–H and O–H groups in total. The van der Waals surface area contributed by atoms with Gasteiger partial charge in [0.1, 0.15) is 0 Å². The molecule has 0 spiro atoms. The summed E-state index contributed by atoms with van der Waals surface area (Å²) in [5.74, 6) is 0. The van der Waals surface area contributed by atoms with E-state index in [1.165, 1.54) is 0 Å². The molecule has 0 saturated carbocycles. The van der Waals surface area contributed by atoms with Crippen molar-refractivity contribution >= 4 is 0 Å². The van der Waals surface area contributed by atoms with E-state index in [0.717, 1.165) is 0 Å². The topological polar surface area (TPSA) is 20.2 Å². The van der Waals surface area contributed by atoms with Gasteiger partial charge in [-0.25, -0.2) is 0 Å². The van der Waals surface area contributed by atoms with Crippen molar-refractivity contribution in [3.63, 3.8) is 0 Å². The Hall–Kier alpha value is 0.804. The second kappa shape index (κ2) is 8.84. The van der Waals surface area contributed by atoms with Crippen molar-refractivity contribution in [3.8, 4) is 0 Å². The maximum absolute atomic E-state index is 7.70. The maximum Gasteiger partial charge on any atom is 0 e. The van der Waals surface area contributed by atoms with Crippen LogP contribution in [0.4, 0.5) is 0 Å². The first-order chi connectivity index (χ1) is 1.91. The van der Waals surface area contributed by atoms with Gasteiger partial charge in [0.15, 0.2) is 0 Å². The van der Waals surface area contributed by atoms with Gasteiger partial charge in [-0.2, -0.15) is 0 Å². The van der Waals surface area contributed by atoms with Crippen LogP contribution in [0.15, 0.2) is 6.58 Å². The van der Waals surface area contributed by atoms with Gasteiger partial charge in [-0.15, -0.1) is 0 Å². The van der Waals surface area contributed by atoms with E-state index in [9.17, 15) is 0 Å². The molecule has 0 amide bonds. The summed E-state index contributed by atoms with van der Waals surface area (Å²) in [6.45, 7) is 3.06. The summed E-state index contributed by atoms with van der Waals surface area (Å²) in [6.07, 6.45) is 2.24. The second-order valence-electron chi connectivity index (χ2n) is 0.408. The third kappa shape index (κ3) is 11.6. The molecular formula is C3H5OY-. The molecule has 0 aliphatic heterocycles. The first kappa shape index (κ1) is 9.26. The molecular weight excluding hydrogens is 141 g/mol.